The number of nitrogens with two attached hydrogens (primary N) is 1. The second kappa shape index (κ2) is 5.32. The lowest BCUT2D eigenvalue weighted by atomic mass is 9.88. The van der Waals surface area contributed by atoms with E-state index in [4.69, 9.17) is 17.3 Å². The van der Waals surface area contributed by atoms with E-state index in [1.165, 1.54) is 0 Å². The van der Waals surface area contributed by atoms with Crippen molar-refractivity contribution in [1.29, 1.82) is 0 Å². The highest BCUT2D eigenvalue weighted by Gasteiger charge is 2.26. The van der Waals surface area contributed by atoms with Gasteiger partial charge in [-0.1, -0.05) is 37.6 Å². The summed E-state index contributed by atoms with van der Waals surface area (Å²) in [5.41, 5.74) is 5.63. The molecule has 0 fully saturated rings. The molecule has 1 aromatic carbocycles. The van der Waals surface area contributed by atoms with E-state index in [2.05, 4.69) is 5.32 Å². The number of carbonyl (C=O) groups is 1. The summed E-state index contributed by atoms with van der Waals surface area (Å²) in [5.74, 6) is -0.0638. The Morgan fingerprint density at radius 2 is 2.06 bits per heavy atom. The molecule has 3 N–H and O–H groups in total. The Bertz CT molecular complexity index is 377. The number of benzene rings is 1. The lowest BCUT2D eigenvalue weighted by Crippen LogP contribution is -2.32. The van der Waals surface area contributed by atoms with Crippen LogP contribution in [0.15, 0.2) is 24.3 Å². The van der Waals surface area contributed by atoms with E-state index >= 15 is 0 Å². The molecule has 0 atom stereocenters. The second-order valence-corrected chi connectivity index (χ2v) is 4.76. The molecule has 0 aliphatic rings. The summed E-state index contributed by atoms with van der Waals surface area (Å²) in [4.78, 5) is 12.0. The molecule has 0 radical (unpaired) electrons. The predicted molar refractivity (Wildman–Crippen MR) is 67.5 cm³/mol. The van der Waals surface area contributed by atoms with Gasteiger partial charge in [-0.3, -0.25) is 4.79 Å². The van der Waals surface area contributed by atoms with Crippen LogP contribution in [-0.2, 0) is 4.79 Å². The quantitative estimate of drug-likeness (QED) is 0.850. The third kappa shape index (κ3) is 3.22. The van der Waals surface area contributed by atoms with Crippen LogP contribution in [0.5, 0.6) is 0 Å². The van der Waals surface area contributed by atoms with Crippen LogP contribution >= 0.6 is 11.6 Å². The zero-order valence-electron chi connectivity index (χ0n) is 9.59. The van der Waals surface area contributed by atoms with Gasteiger partial charge in [0, 0.05) is 5.41 Å². The summed E-state index contributed by atoms with van der Waals surface area (Å²) in [6, 6.07) is 7.17. The van der Waals surface area contributed by atoms with Gasteiger partial charge in [0.2, 0.25) is 5.91 Å². The standard InChI is InChI=1S/C12H17ClN2O/c1-12(2,7-8-14)11(16)15-10-6-4-3-5-9(10)13/h3-6H,7-8,14H2,1-2H3,(H,15,16). The maximum atomic E-state index is 12.0. The van der Waals surface area contributed by atoms with Crippen LogP contribution < -0.4 is 11.1 Å². The minimum atomic E-state index is -0.478. The largest absolute Gasteiger partial charge is 0.330 e. The molecule has 0 heterocycles. The van der Waals surface area contributed by atoms with Crippen molar-refractivity contribution in [2.24, 2.45) is 11.1 Å². The Balaban J connectivity index is 2.75. The van der Waals surface area contributed by atoms with Crippen molar-refractivity contribution in [3.8, 4) is 0 Å². The van der Waals surface area contributed by atoms with E-state index in [0.29, 0.717) is 23.7 Å². The topological polar surface area (TPSA) is 55.1 Å². The van der Waals surface area contributed by atoms with Gasteiger partial charge in [0.15, 0.2) is 0 Å². The number of rotatable bonds is 4. The summed E-state index contributed by atoms with van der Waals surface area (Å²) in [6.45, 7) is 4.22. The molecule has 1 amide bonds. The first kappa shape index (κ1) is 13.0. The van der Waals surface area contributed by atoms with E-state index < -0.39 is 5.41 Å². The van der Waals surface area contributed by atoms with Gasteiger partial charge in [0.1, 0.15) is 0 Å². The molecule has 0 aromatic heterocycles. The van der Waals surface area contributed by atoms with Crippen LogP contribution in [-0.4, -0.2) is 12.5 Å². The lowest BCUT2D eigenvalue weighted by molar-refractivity contribution is -0.124. The minimum absolute atomic E-state index is 0.0638. The number of halogens is 1. The number of hydrogen-bond acceptors (Lipinski definition) is 2. The van der Waals surface area contributed by atoms with Crippen molar-refractivity contribution in [3.05, 3.63) is 29.3 Å². The fraction of sp³-hybridized carbons (Fsp3) is 0.417. The number of nitrogens with one attached hydrogen (secondary N) is 1. The van der Waals surface area contributed by atoms with Crippen LogP contribution in [0.2, 0.25) is 5.02 Å². The number of carbonyl (C=O) groups excluding carboxylic acids is 1. The Labute approximate surface area is 101 Å². The van der Waals surface area contributed by atoms with Gasteiger partial charge in [-0.05, 0) is 25.1 Å². The van der Waals surface area contributed by atoms with Crippen molar-refractivity contribution >= 4 is 23.2 Å². The average Bonchev–Trinajstić information content (AvgIpc) is 2.21. The van der Waals surface area contributed by atoms with Crippen molar-refractivity contribution in [3.63, 3.8) is 0 Å². The molecule has 0 bridgehead atoms. The van der Waals surface area contributed by atoms with Crippen LogP contribution in [0.4, 0.5) is 5.69 Å². The molecule has 1 aromatic rings. The zero-order valence-corrected chi connectivity index (χ0v) is 10.3. The van der Waals surface area contributed by atoms with Crippen molar-refractivity contribution < 1.29 is 4.79 Å². The monoisotopic (exact) mass is 240 g/mol. The van der Waals surface area contributed by atoms with Gasteiger partial charge >= 0.3 is 0 Å². The first-order chi connectivity index (χ1) is 7.47. The SMILES string of the molecule is CC(C)(CCN)C(=O)Nc1ccccc1Cl. The van der Waals surface area contributed by atoms with Gasteiger partial charge < -0.3 is 11.1 Å². The maximum absolute atomic E-state index is 12.0. The molecule has 0 aliphatic heterocycles. The number of hydrogen-bond donors (Lipinski definition) is 2. The van der Waals surface area contributed by atoms with E-state index in [9.17, 15) is 4.79 Å². The van der Waals surface area contributed by atoms with Crippen LogP contribution in [0.25, 0.3) is 0 Å². The van der Waals surface area contributed by atoms with Gasteiger partial charge in [0.05, 0.1) is 10.7 Å². The zero-order chi connectivity index (χ0) is 12.2. The highest BCUT2D eigenvalue weighted by molar-refractivity contribution is 6.33. The molecule has 0 aliphatic carbocycles. The fourth-order valence-corrected chi connectivity index (χ4v) is 1.51. The van der Waals surface area contributed by atoms with Crippen molar-refractivity contribution in [2.75, 3.05) is 11.9 Å². The van der Waals surface area contributed by atoms with Gasteiger partial charge in [0.25, 0.3) is 0 Å². The summed E-state index contributed by atoms with van der Waals surface area (Å²) in [7, 11) is 0. The molecule has 1 rings (SSSR count). The third-order valence-electron chi connectivity index (χ3n) is 2.51. The number of para-hydroxylation sites is 1. The van der Waals surface area contributed by atoms with E-state index in [0.717, 1.165) is 0 Å². The summed E-state index contributed by atoms with van der Waals surface area (Å²) < 4.78 is 0. The van der Waals surface area contributed by atoms with E-state index in [-0.39, 0.29) is 5.91 Å². The highest BCUT2D eigenvalue weighted by Crippen LogP contribution is 2.25. The molecular weight excluding hydrogens is 224 g/mol. The summed E-state index contributed by atoms with van der Waals surface area (Å²) in [6.07, 6.45) is 0.642. The minimum Gasteiger partial charge on any atom is -0.330 e. The molecule has 0 saturated carbocycles. The first-order valence-electron chi connectivity index (χ1n) is 5.23. The molecule has 0 unspecified atom stereocenters. The lowest BCUT2D eigenvalue weighted by Gasteiger charge is -2.23. The molecule has 3 nitrogen and oxygen atoms in total. The normalized spacial score (nSPS) is 11.2. The summed E-state index contributed by atoms with van der Waals surface area (Å²) in [5, 5.41) is 3.35. The molecule has 88 valence electrons. The number of anilines is 1. The van der Waals surface area contributed by atoms with Crippen LogP contribution in [0, 0.1) is 5.41 Å². The first-order valence-corrected chi connectivity index (χ1v) is 5.61. The predicted octanol–water partition coefficient (Wildman–Crippen LogP) is 2.65. The molecule has 0 saturated heterocycles. The second-order valence-electron chi connectivity index (χ2n) is 4.36. The summed E-state index contributed by atoms with van der Waals surface area (Å²) >= 11 is 5.96. The van der Waals surface area contributed by atoms with Crippen molar-refractivity contribution in [1.82, 2.24) is 0 Å². The maximum Gasteiger partial charge on any atom is 0.230 e. The van der Waals surface area contributed by atoms with E-state index in [1.807, 2.05) is 26.0 Å². The Morgan fingerprint density at radius 3 is 2.62 bits per heavy atom. The van der Waals surface area contributed by atoms with E-state index in [1.54, 1.807) is 12.1 Å². The Kier molecular flexibility index (Phi) is 4.33. The van der Waals surface area contributed by atoms with Crippen molar-refractivity contribution in [2.45, 2.75) is 20.3 Å². The van der Waals surface area contributed by atoms with Crippen LogP contribution in [0.3, 0.4) is 0 Å². The Morgan fingerprint density at radius 1 is 1.44 bits per heavy atom. The third-order valence-corrected chi connectivity index (χ3v) is 2.84. The Hall–Kier alpha value is -1.06. The molecule has 16 heavy (non-hydrogen) atoms. The van der Waals surface area contributed by atoms with Gasteiger partial charge in [-0.15, -0.1) is 0 Å². The number of amides is 1. The molecule has 4 heteroatoms. The molecular formula is C12H17ClN2O. The average molecular weight is 241 g/mol. The van der Waals surface area contributed by atoms with Gasteiger partial charge in [-0.2, -0.15) is 0 Å². The highest BCUT2D eigenvalue weighted by atomic mass is 35.5. The fourth-order valence-electron chi connectivity index (χ4n) is 1.33. The molecule has 0 spiro atoms. The van der Waals surface area contributed by atoms with Gasteiger partial charge in [-0.25, -0.2) is 0 Å². The smallest absolute Gasteiger partial charge is 0.230 e. The van der Waals surface area contributed by atoms with Crippen LogP contribution in [0.1, 0.15) is 20.3 Å².